The fraction of sp³-hybridized carbons (Fsp3) is 0.400. The van der Waals surface area contributed by atoms with E-state index in [4.69, 9.17) is 9.47 Å². The van der Waals surface area contributed by atoms with Crippen LogP contribution >= 0.6 is 0 Å². The Hall–Kier alpha value is -3.38. The number of benzene rings is 2. The van der Waals surface area contributed by atoms with Crippen molar-refractivity contribution in [2.75, 3.05) is 6.61 Å². The Morgan fingerprint density at radius 1 is 1.06 bits per heavy atom. The second-order valence-electron chi connectivity index (χ2n) is 10.6. The van der Waals surface area contributed by atoms with Crippen molar-refractivity contribution in [3.8, 4) is 22.6 Å². The predicted octanol–water partition coefficient (Wildman–Crippen LogP) is 6.00. The maximum Gasteiger partial charge on any atom is 0.339 e. The topological polar surface area (TPSA) is 77.8 Å². The first-order valence-corrected chi connectivity index (χ1v) is 12.4. The van der Waals surface area contributed by atoms with Crippen LogP contribution in [-0.2, 0) is 16.0 Å². The molecule has 36 heavy (non-hydrogen) atoms. The van der Waals surface area contributed by atoms with Gasteiger partial charge < -0.3 is 19.1 Å². The zero-order chi connectivity index (χ0) is 26.4. The van der Waals surface area contributed by atoms with E-state index in [1.807, 2.05) is 82.5 Å². The average molecular weight is 490 g/mol. The van der Waals surface area contributed by atoms with Crippen LogP contribution in [-0.4, -0.2) is 27.9 Å². The number of aliphatic carboxylic acids is 1. The molecule has 0 amide bonds. The van der Waals surface area contributed by atoms with E-state index in [1.165, 1.54) is 0 Å². The van der Waals surface area contributed by atoms with Crippen molar-refractivity contribution < 1.29 is 19.4 Å². The molecule has 190 valence electrons. The van der Waals surface area contributed by atoms with Crippen molar-refractivity contribution in [2.24, 2.45) is 0 Å². The lowest BCUT2D eigenvalue weighted by Gasteiger charge is -2.30. The second-order valence-corrected chi connectivity index (χ2v) is 10.6. The van der Waals surface area contributed by atoms with Crippen LogP contribution < -0.4 is 10.2 Å². The zero-order valence-electron chi connectivity index (χ0n) is 22.2. The highest BCUT2D eigenvalue weighted by molar-refractivity contribution is 5.77. The molecule has 3 aromatic rings. The molecule has 1 aromatic heterocycles. The molecule has 0 spiro atoms. The van der Waals surface area contributed by atoms with Crippen LogP contribution in [0.25, 0.3) is 16.8 Å². The van der Waals surface area contributed by atoms with Crippen molar-refractivity contribution in [3.63, 3.8) is 0 Å². The molecule has 6 heteroatoms. The molecule has 4 rings (SSSR count). The largest absolute Gasteiger partial charge is 0.493 e. The molecular formula is C30H35NO5. The first-order chi connectivity index (χ1) is 16.9. The van der Waals surface area contributed by atoms with E-state index in [0.29, 0.717) is 29.1 Å². The van der Waals surface area contributed by atoms with Gasteiger partial charge in [0.2, 0.25) is 0 Å². The Bertz CT molecular complexity index is 1390. The lowest BCUT2D eigenvalue weighted by Crippen LogP contribution is -2.33. The molecule has 0 bridgehead atoms. The summed E-state index contributed by atoms with van der Waals surface area (Å²) in [7, 11) is 0. The first-order valence-electron chi connectivity index (χ1n) is 12.4. The summed E-state index contributed by atoms with van der Waals surface area (Å²) >= 11 is 0. The minimum absolute atomic E-state index is 0.188. The van der Waals surface area contributed by atoms with Gasteiger partial charge in [0, 0.05) is 22.5 Å². The SMILES string of the molecule is Cc1ccc(-c2c(C)n(-c3ccc4c(c3)CCCO4)c(C(OC(C)(C)C)C(=O)O)c(C)c2=O)cc1C. The van der Waals surface area contributed by atoms with E-state index in [-0.39, 0.29) is 5.43 Å². The van der Waals surface area contributed by atoms with Gasteiger partial charge in [-0.3, -0.25) is 4.79 Å². The number of aromatic nitrogens is 1. The summed E-state index contributed by atoms with van der Waals surface area (Å²) in [4.78, 5) is 26.4. The molecule has 0 fully saturated rings. The molecular weight excluding hydrogens is 454 g/mol. The van der Waals surface area contributed by atoms with Crippen molar-refractivity contribution in [2.45, 2.75) is 73.0 Å². The molecule has 2 aromatic carbocycles. The smallest absolute Gasteiger partial charge is 0.339 e. The molecule has 1 atom stereocenters. The monoisotopic (exact) mass is 489 g/mol. The van der Waals surface area contributed by atoms with E-state index in [9.17, 15) is 14.7 Å². The highest BCUT2D eigenvalue weighted by Gasteiger charge is 2.33. The minimum Gasteiger partial charge on any atom is -0.493 e. The summed E-state index contributed by atoms with van der Waals surface area (Å²) < 4.78 is 13.7. The van der Waals surface area contributed by atoms with Crippen molar-refractivity contribution >= 4 is 5.97 Å². The number of carboxylic acid groups (broad SMARTS) is 1. The number of hydrogen-bond acceptors (Lipinski definition) is 4. The summed E-state index contributed by atoms with van der Waals surface area (Å²) in [5.74, 6) is -0.294. The lowest BCUT2D eigenvalue weighted by molar-refractivity contribution is -0.161. The van der Waals surface area contributed by atoms with Crippen LogP contribution in [0.1, 0.15) is 66.9 Å². The summed E-state index contributed by atoms with van der Waals surface area (Å²) in [6.07, 6.45) is 0.476. The number of rotatable bonds is 5. The van der Waals surface area contributed by atoms with Crippen molar-refractivity contribution in [1.29, 1.82) is 0 Å². The summed E-state index contributed by atoms with van der Waals surface area (Å²) in [6.45, 7) is 13.8. The molecule has 1 N–H and O–H groups in total. The van der Waals surface area contributed by atoms with Crippen LogP contribution in [0.3, 0.4) is 0 Å². The Morgan fingerprint density at radius 3 is 2.42 bits per heavy atom. The van der Waals surface area contributed by atoms with Crippen LogP contribution in [0.2, 0.25) is 0 Å². The number of nitrogens with zero attached hydrogens (tertiary/aromatic N) is 1. The number of carbonyl (C=O) groups is 1. The third-order valence-corrected chi connectivity index (χ3v) is 6.78. The van der Waals surface area contributed by atoms with Gasteiger partial charge in [-0.2, -0.15) is 0 Å². The molecule has 6 nitrogen and oxygen atoms in total. The van der Waals surface area contributed by atoms with E-state index >= 15 is 0 Å². The Morgan fingerprint density at radius 2 is 1.78 bits per heavy atom. The fourth-order valence-corrected chi connectivity index (χ4v) is 4.87. The fourth-order valence-electron chi connectivity index (χ4n) is 4.87. The molecule has 0 saturated heterocycles. The van der Waals surface area contributed by atoms with Gasteiger partial charge in [0.1, 0.15) is 5.75 Å². The summed E-state index contributed by atoms with van der Waals surface area (Å²) in [5.41, 5.74) is 5.90. The van der Waals surface area contributed by atoms with Crippen LogP contribution in [0.15, 0.2) is 41.2 Å². The zero-order valence-corrected chi connectivity index (χ0v) is 22.2. The predicted molar refractivity (Wildman–Crippen MR) is 141 cm³/mol. The van der Waals surface area contributed by atoms with E-state index in [1.54, 1.807) is 6.92 Å². The maximum atomic E-state index is 13.8. The third kappa shape index (κ3) is 4.82. The van der Waals surface area contributed by atoms with Crippen molar-refractivity contribution in [3.05, 3.63) is 80.3 Å². The second kappa shape index (κ2) is 9.58. The number of pyridine rings is 1. The number of carboxylic acids is 1. The van der Waals surface area contributed by atoms with Gasteiger partial charge in [0.05, 0.1) is 17.9 Å². The molecule has 0 saturated carbocycles. The first kappa shape index (κ1) is 25.7. The average Bonchev–Trinajstić information content (AvgIpc) is 2.81. The molecule has 0 radical (unpaired) electrons. The van der Waals surface area contributed by atoms with Crippen LogP contribution in [0.5, 0.6) is 5.75 Å². The number of hydrogen-bond donors (Lipinski definition) is 1. The van der Waals surface area contributed by atoms with E-state index in [0.717, 1.165) is 46.5 Å². The number of aryl methyl sites for hydroxylation is 3. The molecule has 1 aliphatic heterocycles. The molecule has 1 aliphatic rings. The van der Waals surface area contributed by atoms with Gasteiger partial charge >= 0.3 is 5.97 Å². The van der Waals surface area contributed by atoms with Gasteiger partial charge in [0.15, 0.2) is 11.5 Å². The Kier molecular flexibility index (Phi) is 6.84. The van der Waals surface area contributed by atoms with Gasteiger partial charge in [0.25, 0.3) is 0 Å². The van der Waals surface area contributed by atoms with Gasteiger partial charge in [-0.15, -0.1) is 0 Å². The Labute approximate surface area is 212 Å². The number of fused-ring (bicyclic) bond motifs is 1. The summed E-state index contributed by atoms with van der Waals surface area (Å²) in [5, 5.41) is 10.3. The van der Waals surface area contributed by atoms with Crippen LogP contribution in [0, 0.1) is 27.7 Å². The number of ether oxygens (including phenoxy) is 2. The minimum atomic E-state index is -1.32. The van der Waals surface area contributed by atoms with E-state index in [2.05, 4.69) is 0 Å². The van der Waals surface area contributed by atoms with Gasteiger partial charge in [-0.25, -0.2) is 4.79 Å². The molecule has 1 unspecified atom stereocenters. The van der Waals surface area contributed by atoms with E-state index < -0.39 is 17.7 Å². The Balaban J connectivity index is 2.08. The molecule has 2 heterocycles. The van der Waals surface area contributed by atoms with Crippen LogP contribution in [0.4, 0.5) is 0 Å². The standard InChI is InChI=1S/C30H35NO5/c1-17-10-11-22(15-18(17)2)25-20(4)31(23-12-13-24-21(16-23)9-8-14-35-24)26(19(3)27(25)32)28(29(33)34)36-30(5,6)7/h10-13,15-16,28H,8-9,14H2,1-7H3,(H,33,34). The van der Waals surface area contributed by atoms with Crippen molar-refractivity contribution in [1.82, 2.24) is 4.57 Å². The summed E-state index contributed by atoms with van der Waals surface area (Å²) in [6, 6.07) is 11.9. The third-order valence-electron chi connectivity index (χ3n) is 6.78. The van der Waals surface area contributed by atoms with Gasteiger partial charge in [-0.1, -0.05) is 18.2 Å². The molecule has 0 aliphatic carbocycles. The quantitative estimate of drug-likeness (QED) is 0.475. The highest BCUT2D eigenvalue weighted by Crippen LogP contribution is 2.35. The van der Waals surface area contributed by atoms with Gasteiger partial charge in [-0.05, 0) is 102 Å². The maximum absolute atomic E-state index is 13.8. The lowest BCUT2D eigenvalue weighted by atomic mass is 9.94. The highest BCUT2D eigenvalue weighted by atomic mass is 16.5. The normalized spacial score (nSPS) is 14.2.